The Labute approximate surface area is 183 Å². The van der Waals surface area contributed by atoms with Crippen LogP contribution >= 0.6 is 23.2 Å². The van der Waals surface area contributed by atoms with Crippen LogP contribution in [0.5, 0.6) is 5.75 Å². The Morgan fingerprint density at radius 3 is 2.30 bits per heavy atom. The second-order valence-corrected chi connectivity index (χ2v) is 6.84. The number of nitriles is 1. The van der Waals surface area contributed by atoms with Gasteiger partial charge in [-0.25, -0.2) is 4.79 Å². The molecule has 0 spiro atoms. The molecular formula is C23H14Cl2N2O3. The minimum absolute atomic E-state index is 0.125. The maximum atomic E-state index is 12.4. The molecule has 7 heteroatoms. The molecule has 0 unspecified atom stereocenters. The molecular weight excluding hydrogens is 423 g/mol. The van der Waals surface area contributed by atoms with Gasteiger partial charge in [0.15, 0.2) is 0 Å². The van der Waals surface area contributed by atoms with E-state index in [0.29, 0.717) is 22.6 Å². The van der Waals surface area contributed by atoms with E-state index >= 15 is 0 Å². The molecule has 0 saturated carbocycles. The summed E-state index contributed by atoms with van der Waals surface area (Å²) in [6.07, 6.45) is 1.41. The van der Waals surface area contributed by atoms with E-state index in [-0.39, 0.29) is 15.6 Å². The van der Waals surface area contributed by atoms with Crippen LogP contribution in [-0.4, -0.2) is 11.9 Å². The van der Waals surface area contributed by atoms with Gasteiger partial charge in [0.1, 0.15) is 17.4 Å². The number of hydrogen-bond acceptors (Lipinski definition) is 4. The van der Waals surface area contributed by atoms with Crippen molar-refractivity contribution in [3.8, 4) is 11.8 Å². The highest BCUT2D eigenvalue weighted by Gasteiger charge is 2.13. The van der Waals surface area contributed by atoms with Gasteiger partial charge in [-0.3, -0.25) is 4.79 Å². The first kappa shape index (κ1) is 21.1. The average Bonchev–Trinajstić information content (AvgIpc) is 2.77. The third kappa shape index (κ3) is 5.26. The highest BCUT2D eigenvalue weighted by molar-refractivity contribution is 6.44. The predicted molar refractivity (Wildman–Crippen MR) is 117 cm³/mol. The van der Waals surface area contributed by atoms with Crippen LogP contribution in [0.2, 0.25) is 10.0 Å². The van der Waals surface area contributed by atoms with E-state index in [1.165, 1.54) is 6.08 Å². The van der Waals surface area contributed by atoms with Crippen LogP contribution in [-0.2, 0) is 4.79 Å². The summed E-state index contributed by atoms with van der Waals surface area (Å²) < 4.78 is 5.31. The maximum absolute atomic E-state index is 12.4. The van der Waals surface area contributed by atoms with Crippen LogP contribution < -0.4 is 10.1 Å². The molecule has 0 radical (unpaired) electrons. The van der Waals surface area contributed by atoms with Crippen LogP contribution in [0.1, 0.15) is 15.9 Å². The van der Waals surface area contributed by atoms with Gasteiger partial charge in [-0.2, -0.15) is 5.26 Å². The summed E-state index contributed by atoms with van der Waals surface area (Å²) in [4.78, 5) is 24.5. The molecule has 0 aliphatic carbocycles. The molecule has 3 aromatic carbocycles. The normalized spacial score (nSPS) is 10.8. The molecule has 30 heavy (non-hydrogen) atoms. The molecule has 0 bridgehead atoms. The lowest BCUT2D eigenvalue weighted by molar-refractivity contribution is -0.112. The third-order valence-corrected chi connectivity index (χ3v) is 4.79. The van der Waals surface area contributed by atoms with Crippen molar-refractivity contribution in [1.82, 2.24) is 0 Å². The van der Waals surface area contributed by atoms with Crippen LogP contribution in [0.15, 0.2) is 78.4 Å². The van der Waals surface area contributed by atoms with E-state index in [0.717, 1.165) is 0 Å². The molecule has 1 amide bonds. The van der Waals surface area contributed by atoms with Crippen molar-refractivity contribution >= 4 is 46.8 Å². The molecule has 3 rings (SSSR count). The van der Waals surface area contributed by atoms with E-state index in [1.807, 2.05) is 6.07 Å². The number of benzene rings is 3. The highest BCUT2D eigenvalue weighted by atomic mass is 35.5. The fraction of sp³-hybridized carbons (Fsp3) is 0. The number of rotatable bonds is 5. The number of carbonyl (C=O) groups is 2. The number of esters is 1. The predicted octanol–water partition coefficient (Wildman–Crippen LogP) is 5.76. The molecule has 148 valence electrons. The molecule has 1 N–H and O–H groups in total. The minimum Gasteiger partial charge on any atom is -0.423 e. The molecule has 0 aromatic heterocycles. The number of nitrogens with one attached hydrogen (secondary N) is 1. The number of carbonyl (C=O) groups excluding carboxylic acids is 2. The zero-order valence-electron chi connectivity index (χ0n) is 15.4. The molecule has 3 aromatic rings. The summed E-state index contributed by atoms with van der Waals surface area (Å²) in [6.45, 7) is 0. The summed E-state index contributed by atoms with van der Waals surface area (Å²) in [5.41, 5.74) is 1.20. The number of halogens is 2. The number of hydrogen-bond donors (Lipinski definition) is 1. The molecule has 0 saturated heterocycles. The summed E-state index contributed by atoms with van der Waals surface area (Å²) >= 11 is 12.0. The van der Waals surface area contributed by atoms with Crippen molar-refractivity contribution in [1.29, 1.82) is 5.26 Å². The lowest BCUT2D eigenvalue weighted by Crippen LogP contribution is -2.13. The van der Waals surface area contributed by atoms with E-state index in [1.54, 1.807) is 72.8 Å². The zero-order valence-corrected chi connectivity index (χ0v) is 16.9. The molecule has 0 fully saturated rings. The van der Waals surface area contributed by atoms with Crippen molar-refractivity contribution in [2.24, 2.45) is 0 Å². The van der Waals surface area contributed by atoms with Crippen LogP contribution in [0, 0.1) is 11.3 Å². The highest BCUT2D eigenvalue weighted by Crippen LogP contribution is 2.29. The van der Waals surface area contributed by atoms with Gasteiger partial charge in [-0.15, -0.1) is 0 Å². The number of amides is 1. The Bertz CT molecular complexity index is 1150. The first-order valence-corrected chi connectivity index (χ1v) is 9.48. The van der Waals surface area contributed by atoms with Crippen molar-refractivity contribution < 1.29 is 14.3 Å². The summed E-state index contributed by atoms with van der Waals surface area (Å²) in [7, 11) is 0. The number of nitrogens with zero attached hydrogens (tertiary/aromatic N) is 1. The quantitative estimate of drug-likeness (QED) is 0.238. The topological polar surface area (TPSA) is 79.2 Å². The third-order valence-electron chi connectivity index (χ3n) is 3.98. The molecule has 0 aliphatic heterocycles. The van der Waals surface area contributed by atoms with Gasteiger partial charge < -0.3 is 10.1 Å². The van der Waals surface area contributed by atoms with Crippen LogP contribution in [0.3, 0.4) is 0 Å². The lowest BCUT2D eigenvalue weighted by Gasteiger charge is -2.08. The van der Waals surface area contributed by atoms with Gasteiger partial charge in [0.25, 0.3) is 5.91 Å². The largest absolute Gasteiger partial charge is 0.423 e. The van der Waals surface area contributed by atoms with Gasteiger partial charge in [0, 0.05) is 0 Å². The second-order valence-electron chi connectivity index (χ2n) is 6.05. The van der Waals surface area contributed by atoms with E-state index in [2.05, 4.69) is 5.32 Å². The summed E-state index contributed by atoms with van der Waals surface area (Å²) in [5.74, 6) is -0.759. The van der Waals surface area contributed by atoms with E-state index in [9.17, 15) is 14.9 Å². The molecule has 5 nitrogen and oxygen atoms in total. The van der Waals surface area contributed by atoms with Crippen molar-refractivity contribution in [2.75, 3.05) is 5.32 Å². The molecule has 0 aliphatic rings. The SMILES string of the molecule is N#C/C(=C\c1ccc(OC(=O)c2ccccc2)cc1)C(=O)Nc1cccc(Cl)c1Cl. The fourth-order valence-corrected chi connectivity index (χ4v) is 2.83. The fourth-order valence-electron chi connectivity index (χ4n) is 2.48. The Hall–Kier alpha value is -3.59. The Morgan fingerprint density at radius 2 is 1.63 bits per heavy atom. The number of ether oxygens (including phenoxy) is 1. The van der Waals surface area contributed by atoms with Crippen LogP contribution in [0.4, 0.5) is 5.69 Å². The van der Waals surface area contributed by atoms with Gasteiger partial charge in [0.2, 0.25) is 0 Å². The van der Waals surface area contributed by atoms with Crippen molar-refractivity contribution in [3.05, 3.63) is 99.5 Å². The first-order chi connectivity index (χ1) is 14.5. The van der Waals surface area contributed by atoms with E-state index in [4.69, 9.17) is 27.9 Å². The first-order valence-electron chi connectivity index (χ1n) is 8.72. The van der Waals surface area contributed by atoms with Crippen molar-refractivity contribution in [2.45, 2.75) is 0 Å². The average molecular weight is 437 g/mol. The van der Waals surface area contributed by atoms with Crippen LogP contribution in [0.25, 0.3) is 6.08 Å². The monoisotopic (exact) mass is 436 g/mol. The lowest BCUT2D eigenvalue weighted by atomic mass is 10.1. The van der Waals surface area contributed by atoms with Gasteiger partial charge in [0.05, 0.1) is 21.3 Å². The number of anilines is 1. The van der Waals surface area contributed by atoms with E-state index < -0.39 is 11.9 Å². The van der Waals surface area contributed by atoms with Gasteiger partial charge >= 0.3 is 5.97 Å². The smallest absolute Gasteiger partial charge is 0.343 e. The maximum Gasteiger partial charge on any atom is 0.343 e. The Morgan fingerprint density at radius 1 is 0.933 bits per heavy atom. The van der Waals surface area contributed by atoms with Gasteiger partial charge in [-0.05, 0) is 48.0 Å². The molecule has 0 heterocycles. The van der Waals surface area contributed by atoms with Crippen molar-refractivity contribution in [3.63, 3.8) is 0 Å². The Kier molecular flexibility index (Phi) is 6.87. The standard InChI is InChI=1S/C23H14Cl2N2O3/c24-19-7-4-8-20(21(19)25)27-22(28)17(14-26)13-15-9-11-18(12-10-15)30-23(29)16-5-2-1-3-6-16/h1-13H,(H,27,28)/b17-13+. The zero-order chi connectivity index (χ0) is 21.5. The Balaban J connectivity index is 1.71. The minimum atomic E-state index is -0.624. The summed E-state index contributed by atoms with van der Waals surface area (Å²) in [6, 6.07) is 21.7. The second kappa shape index (κ2) is 9.75. The van der Waals surface area contributed by atoms with Gasteiger partial charge in [-0.1, -0.05) is 59.6 Å². The summed E-state index contributed by atoms with van der Waals surface area (Å²) in [5, 5.41) is 12.4. The molecule has 0 atom stereocenters.